The van der Waals surface area contributed by atoms with Gasteiger partial charge in [-0.05, 0) is 32.6 Å². The number of nitrogens with zero attached hydrogens (tertiary/aromatic N) is 1. The number of hydrogen-bond donors (Lipinski definition) is 0. The van der Waals surface area contributed by atoms with Crippen LogP contribution < -0.4 is 0 Å². The van der Waals surface area contributed by atoms with E-state index < -0.39 is 0 Å². The summed E-state index contributed by atoms with van der Waals surface area (Å²) >= 11 is 2.54. The van der Waals surface area contributed by atoms with Gasteiger partial charge in [0.05, 0.1) is 3.55 Å². The van der Waals surface area contributed by atoms with Crippen LogP contribution in [0.25, 0.3) is 0 Å². The number of halogens is 1. The lowest BCUT2D eigenvalue weighted by atomic mass is 9.81. The van der Waals surface area contributed by atoms with Crippen molar-refractivity contribution in [2.75, 3.05) is 6.54 Å². The summed E-state index contributed by atoms with van der Waals surface area (Å²) in [4.78, 5) is 2.57. The fourth-order valence-corrected chi connectivity index (χ4v) is 2.96. The molecule has 0 N–H and O–H groups in total. The predicted octanol–water partition coefficient (Wildman–Crippen LogP) is 4.22. The van der Waals surface area contributed by atoms with Crippen LogP contribution in [0.5, 0.6) is 0 Å². The van der Waals surface area contributed by atoms with Crippen molar-refractivity contribution in [2.45, 2.75) is 57.6 Å². The van der Waals surface area contributed by atoms with E-state index in [0.29, 0.717) is 11.5 Å². The average Bonchev–Trinajstić information content (AvgIpc) is 1.99. The second kappa shape index (κ2) is 4.36. The van der Waals surface area contributed by atoms with Crippen molar-refractivity contribution in [3.63, 3.8) is 0 Å². The lowest BCUT2D eigenvalue weighted by Crippen LogP contribution is -2.47. The first-order valence-corrected chi connectivity index (χ1v) is 6.87. The molecule has 1 nitrogen and oxygen atoms in total. The molecule has 1 atom stereocenters. The van der Waals surface area contributed by atoms with Crippen molar-refractivity contribution < 1.29 is 0 Å². The van der Waals surface area contributed by atoms with Crippen LogP contribution >= 0.6 is 22.6 Å². The van der Waals surface area contributed by atoms with E-state index in [-0.39, 0.29) is 3.55 Å². The molecule has 0 bridgehead atoms. The monoisotopic (exact) mass is 321 g/mol. The Hall–Kier alpha value is 0.430. The molecular weight excluding hydrogens is 297 g/mol. The van der Waals surface area contributed by atoms with Gasteiger partial charge in [0.15, 0.2) is 0 Å². The summed E-state index contributed by atoms with van der Waals surface area (Å²) in [5.41, 5.74) is 1.96. The Labute approximate surface area is 108 Å². The maximum absolute atomic E-state index is 2.57. The minimum Gasteiger partial charge on any atom is -0.283 e. The van der Waals surface area contributed by atoms with Gasteiger partial charge >= 0.3 is 0 Å². The molecule has 2 heteroatoms. The molecule has 0 saturated heterocycles. The average molecular weight is 321 g/mol. The molecule has 0 saturated carbocycles. The van der Waals surface area contributed by atoms with Gasteiger partial charge in [-0.15, -0.1) is 0 Å². The Kier molecular flexibility index (Phi) is 3.92. The van der Waals surface area contributed by atoms with Crippen molar-refractivity contribution in [3.8, 4) is 0 Å². The van der Waals surface area contributed by atoms with E-state index in [1.165, 1.54) is 13.0 Å². The molecule has 1 rings (SSSR count). The molecule has 0 spiro atoms. The lowest BCUT2D eigenvalue weighted by molar-refractivity contribution is 0.165. The summed E-state index contributed by atoms with van der Waals surface area (Å²) in [5, 5.41) is 0. The molecule has 1 aliphatic heterocycles. The third-order valence-electron chi connectivity index (χ3n) is 3.20. The van der Waals surface area contributed by atoms with Crippen LogP contribution in [0.3, 0.4) is 0 Å². The van der Waals surface area contributed by atoms with Gasteiger partial charge in [0.2, 0.25) is 0 Å². The first-order valence-electron chi connectivity index (χ1n) is 5.79. The first-order chi connectivity index (χ1) is 6.62. The van der Waals surface area contributed by atoms with Crippen LogP contribution in [0.1, 0.15) is 48.0 Å². The minimum absolute atomic E-state index is 0.261. The smallest absolute Gasteiger partial charge is 0.0678 e. The van der Waals surface area contributed by atoms with Gasteiger partial charge in [0.1, 0.15) is 0 Å². The Morgan fingerprint density at radius 2 is 1.80 bits per heavy atom. The van der Waals surface area contributed by atoms with Crippen molar-refractivity contribution in [3.05, 3.63) is 11.6 Å². The van der Waals surface area contributed by atoms with E-state index in [9.17, 15) is 0 Å². The maximum Gasteiger partial charge on any atom is 0.0678 e. The highest BCUT2D eigenvalue weighted by Gasteiger charge is 2.31. The van der Waals surface area contributed by atoms with Gasteiger partial charge in [-0.3, -0.25) is 4.90 Å². The molecule has 1 aliphatic rings. The second-order valence-electron chi connectivity index (χ2n) is 6.04. The van der Waals surface area contributed by atoms with E-state index >= 15 is 0 Å². The molecule has 15 heavy (non-hydrogen) atoms. The molecule has 0 fully saturated rings. The van der Waals surface area contributed by atoms with Gasteiger partial charge in [0.25, 0.3) is 0 Å². The Bertz CT molecular complexity index is 255. The predicted molar refractivity (Wildman–Crippen MR) is 76.4 cm³/mol. The van der Waals surface area contributed by atoms with Crippen molar-refractivity contribution >= 4 is 22.6 Å². The molecule has 0 aromatic rings. The van der Waals surface area contributed by atoms with Crippen LogP contribution in [0, 0.1) is 5.41 Å². The molecular formula is C13H24IN. The molecule has 1 unspecified atom stereocenters. The summed E-state index contributed by atoms with van der Waals surface area (Å²) in [6, 6.07) is 0.569. The zero-order chi connectivity index (χ0) is 11.9. The van der Waals surface area contributed by atoms with Crippen molar-refractivity contribution in [2.24, 2.45) is 5.41 Å². The van der Waals surface area contributed by atoms with Gasteiger partial charge < -0.3 is 0 Å². The van der Waals surface area contributed by atoms with Gasteiger partial charge in [-0.2, -0.15) is 0 Å². The third kappa shape index (κ3) is 3.45. The van der Waals surface area contributed by atoms with Crippen LogP contribution in [-0.4, -0.2) is 21.0 Å². The van der Waals surface area contributed by atoms with Gasteiger partial charge in [-0.1, -0.05) is 55.0 Å². The zero-order valence-electron chi connectivity index (χ0n) is 10.9. The molecule has 88 valence electrons. The van der Waals surface area contributed by atoms with Crippen LogP contribution in [0.2, 0.25) is 0 Å². The summed E-state index contributed by atoms with van der Waals surface area (Å²) < 4.78 is 0.261. The highest BCUT2D eigenvalue weighted by molar-refractivity contribution is 14.1. The molecule has 0 aromatic heterocycles. The van der Waals surface area contributed by atoms with E-state index in [2.05, 4.69) is 75.1 Å². The Balaban J connectivity index is 2.83. The summed E-state index contributed by atoms with van der Waals surface area (Å²) in [5.74, 6) is 0. The molecule has 0 radical (unpaired) electrons. The lowest BCUT2D eigenvalue weighted by Gasteiger charge is -2.42. The molecule has 0 aromatic carbocycles. The zero-order valence-corrected chi connectivity index (χ0v) is 13.1. The SMILES string of the molecule is CC1C=C(C(C)(C)C)CCN1C(C)(C)I. The Morgan fingerprint density at radius 3 is 2.13 bits per heavy atom. The van der Waals surface area contributed by atoms with Crippen molar-refractivity contribution in [1.82, 2.24) is 4.90 Å². The number of alkyl halides is 1. The van der Waals surface area contributed by atoms with Gasteiger partial charge in [-0.25, -0.2) is 0 Å². The molecule has 0 aliphatic carbocycles. The van der Waals surface area contributed by atoms with Crippen LogP contribution in [-0.2, 0) is 0 Å². The largest absolute Gasteiger partial charge is 0.283 e. The quantitative estimate of drug-likeness (QED) is 0.302. The molecule has 0 amide bonds. The standard InChI is InChI=1S/C13H24IN/c1-10-9-11(12(2,3)4)7-8-15(10)13(5,6)14/h9-10H,7-8H2,1-6H3. The number of rotatable bonds is 1. The highest BCUT2D eigenvalue weighted by Crippen LogP contribution is 2.35. The fraction of sp³-hybridized carbons (Fsp3) is 0.846. The first kappa shape index (κ1) is 13.5. The second-order valence-corrected chi connectivity index (χ2v) is 8.68. The fourth-order valence-electron chi connectivity index (χ4n) is 2.28. The van der Waals surface area contributed by atoms with E-state index in [0.717, 1.165) is 0 Å². The summed E-state index contributed by atoms with van der Waals surface area (Å²) in [6.45, 7) is 15.0. The van der Waals surface area contributed by atoms with Crippen LogP contribution in [0.15, 0.2) is 11.6 Å². The van der Waals surface area contributed by atoms with Gasteiger partial charge in [0, 0.05) is 12.6 Å². The summed E-state index contributed by atoms with van der Waals surface area (Å²) in [6.07, 6.45) is 3.68. The van der Waals surface area contributed by atoms with Crippen molar-refractivity contribution in [1.29, 1.82) is 0 Å². The third-order valence-corrected chi connectivity index (χ3v) is 3.82. The number of hydrogen-bond acceptors (Lipinski definition) is 1. The maximum atomic E-state index is 2.57. The van der Waals surface area contributed by atoms with E-state index in [4.69, 9.17) is 0 Å². The summed E-state index contributed by atoms with van der Waals surface area (Å²) in [7, 11) is 0. The minimum atomic E-state index is 0.261. The highest BCUT2D eigenvalue weighted by atomic mass is 127. The topological polar surface area (TPSA) is 3.24 Å². The Morgan fingerprint density at radius 1 is 1.27 bits per heavy atom. The molecule has 1 heterocycles. The van der Waals surface area contributed by atoms with E-state index in [1.807, 2.05) is 0 Å². The van der Waals surface area contributed by atoms with E-state index in [1.54, 1.807) is 5.57 Å². The normalized spacial score (nSPS) is 25.3. The van der Waals surface area contributed by atoms with Crippen LogP contribution in [0.4, 0.5) is 0 Å².